The van der Waals surface area contributed by atoms with E-state index in [1.54, 1.807) is 13.1 Å². The highest BCUT2D eigenvalue weighted by Gasteiger charge is 2.15. The molecule has 1 aliphatic heterocycles. The lowest BCUT2D eigenvalue weighted by Gasteiger charge is -2.13. The van der Waals surface area contributed by atoms with Gasteiger partial charge in [0.15, 0.2) is 5.96 Å². The van der Waals surface area contributed by atoms with E-state index in [1.807, 2.05) is 12.1 Å². The molecule has 0 saturated carbocycles. The van der Waals surface area contributed by atoms with E-state index in [9.17, 15) is 0 Å². The maximum absolute atomic E-state index is 6.15. The van der Waals surface area contributed by atoms with Crippen LogP contribution in [0.15, 0.2) is 23.2 Å². The lowest BCUT2D eigenvalue weighted by atomic mass is 10.2. The van der Waals surface area contributed by atoms with Crippen LogP contribution < -0.4 is 10.6 Å². The average Bonchev–Trinajstić information content (AvgIpc) is 3.05. The third kappa shape index (κ3) is 7.74. The summed E-state index contributed by atoms with van der Waals surface area (Å²) >= 11 is 12.0. The maximum Gasteiger partial charge on any atom is 0.191 e. The third-order valence-corrected chi connectivity index (χ3v) is 4.13. The number of aliphatic imine (C=N–C) groups is 1. The molecule has 1 unspecified atom stereocenters. The van der Waals surface area contributed by atoms with Gasteiger partial charge in [0.2, 0.25) is 0 Å². The summed E-state index contributed by atoms with van der Waals surface area (Å²) in [6.07, 6.45) is 2.18. The Hall–Kier alpha value is -0.280. The minimum Gasteiger partial charge on any atom is -0.379 e. The van der Waals surface area contributed by atoms with E-state index >= 15 is 0 Å². The molecule has 136 valence electrons. The Labute approximate surface area is 170 Å². The molecule has 8 heteroatoms. The van der Waals surface area contributed by atoms with Crippen LogP contribution >= 0.6 is 47.2 Å². The Morgan fingerprint density at radius 3 is 2.88 bits per heavy atom. The number of nitrogens with one attached hydrogen (secondary N) is 2. The molecule has 1 atom stereocenters. The van der Waals surface area contributed by atoms with E-state index in [1.165, 1.54) is 0 Å². The minimum absolute atomic E-state index is 0. The molecule has 1 fully saturated rings. The van der Waals surface area contributed by atoms with Crippen molar-refractivity contribution in [1.29, 1.82) is 0 Å². The fourth-order valence-corrected chi connectivity index (χ4v) is 2.71. The molecule has 2 N–H and O–H groups in total. The monoisotopic (exact) mass is 487 g/mol. The van der Waals surface area contributed by atoms with Gasteiger partial charge in [-0.15, -0.1) is 24.0 Å². The molecule has 1 saturated heterocycles. The topological polar surface area (TPSA) is 54.9 Å². The molecule has 1 heterocycles. The van der Waals surface area contributed by atoms with Gasteiger partial charge < -0.3 is 20.1 Å². The van der Waals surface area contributed by atoms with E-state index < -0.39 is 0 Å². The van der Waals surface area contributed by atoms with Gasteiger partial charge in [-0.1, -0.05) is 29.3 Å². The van der Waals surface area contributed by atoms with Crippen LogP contribution in [0.3, 0.4) is 0 Å². The highest BCUT2D eigenvalue weighted by Crippen LogP contribution is 2.20. The van der Waals surface area contributed by atoms with Gasteiger partial charge in [-0.25, -0.2) is 0 Å². The highest BCUT2D eigenvalue weighted by molar-refractivity contribution is 14.0. The number of ether oxygens (including phenoxy) is 2. The molecular formula is C16H24Cl2IN3O2. The third-order valence-electron chi connectivity index (χ3n) is 3.54. The summed E-state index contributed by atoms with van der Waals surface area (Å²) < 4.78 is 11.0. The van der Waals surface area contributed by atoms with Crippen molar-refractivity contribution in [3.8, 4) is 0 Å². The number of halogens is 3. The van der Waals surface area contributed by atoms with Crippen LogP contribution in [0.2, 0.25) is 10.0 Å². The van der Waals surface area contributed by atoms with Crippen molar-refractivity contribution in [2.45, 2.75) is 25.5 Å². The Morgan fingerprint density at radius 2 is 2.21 bits per heavy atom. The molecule has 1 aliphatic rings. The van der Waals surface area contributed by atoms with Crippen LogP contribution in [-0.2, 0) is 16.0 Å². The standard InChI is InChI=1S/C16H23Cl2N3O2.HI/c1-19-16(20-6-2-7-23-14-5-8-22-11-14)21-10-12-3-4-13(17)9-15(12)18;/h3-4,9,14H,2,5-8,10-11H2,1H3,(H2,19,20,21);1H. The molecule has 5 nitrogen and oxygen atoms in total. The molecule has 1 aromatic rings. The van der Waals surface area contributed by atoms with Crippen LogP contribution in [0.4, 0.5) is 0 Å². The summed E-state index contributed by atoms with van der Waals surface area (Å²) in [6.45, 7) is 3.64. The normalized spacial score (nSPS) is 17.5. The Balaban J connectivity index is 0.00000288. The maximum atomic E-state index is 6.15. The molecule has 0 amide bonds. The summed E-state index contributed by atoms with van der Waals surface area (Å²) in [5.41, 5.74) is 0.976. The van der Waals surface area contributed by atoms with Crippen molar-refractivity contribution in [2.75, 3.05) is 33.4 Å². The van der Waals surface area contributed by atoms with Crippen molar-refractivity contribution in [1.82, 2.24) is 10.6 Å². The first-order valence-corrected chi connectivity index (χ1v) is 8.52. The smallest absolute Gasteiger partial charge is 0.191 e. The number of hydrogen-bond acceptors (Lipinski definition) is 3. The molecule has 0 aliphatic carbocycles. The fraction of sp³-hybridized carbons (Fsp3) is 0.562. The van der Waals surface area contributed by atoms with Gasteiger partial charge in [-0.2, -0.15) is 0 Å². The zero-order valence-corrected chi connectivity index (χ0v) is 17.5. The van der Waals surface area contributed by atoms with E-state index in [0.717, 1.165) is 50.7 Å². The van der Waals surface area contributed by atoms with Crippen LogP contribution in [0.5, 0.6) is 0 Å². The van der Waals surface area contributed by atoms with E-state index in [2.05, 4.69) is 15.6 Å². The number of benzene rings is 1. The van der Waals surface area contributed by atoms with Crippen molar-refractivity contribution < 1.29 is 9.47 Å². The van der Waals surface area contributed by atoms with Gasteiger partial charge >= 0.3 is 0 Å². The molecule has 0 aromatic heterocycles. The van der Waals surface area contributed by atoms with Crippen LogP contribution in [0.1, 0.15) is 18.4 Å². The summed E-state index contributed by atoms with van der Waals surface area (Å²) in [7, 11) is 1.74. The molecule has 0 spiro atoms. The minimum atomic E-state index is 0. The Bertz CT molecular complexity index is 526. The largest absolute Gasteiger partial charge is 0.379 e. The van der Waals surface area contributed by atoms with Gasteiger partial charge in [0.25, 0.3) is 0 Å². The lowest BCUT2D eigenvalue weighted by Crippen LogP contribution is -2.37. The van der Waals surface area contributed by atoms with Crippen molar-refractivity contribution in [3.63, 3.8) is 0 Å². The summed E-state index contributed by atoms with van der Waals surface area (Å²) in [5.74, 6) is 0.736. The molecule has 0 bridgehead atoms. The second-order valence-electron chi connectivity index (χ2n) is 5.30. The fourth-order valence-electron chi connectivity index (χ4n) is 2.24. The lowest BCUT2D eigenvalue weighted by molar-refractivity contribution is 0.0420. The van der Waals surface area contributed by atoms with E-state index in [-0.39, 0.29) is 30.1 Å². The SMILES string of the molecule is CN=C(NCCCOC1CCOC1)NCc1ccc(Cl)cc1Cl.I. The van der Waals surface area contributed by atoms with Crippen LogP contribution in [0, 0.1) is 0 Å². The number of hydrogen-bond donors (Lipinski definition) is 2. The zero-order valence-electron chi connectivity index (χ0n) is 13.7. The zero-order chi connectivity index (χ0) is 16.5. The summed E-state index contributed by atoms with van der Waals surface area (Å²) in [5, 5.41) is 7.76. The van der Waals surface area contributed by atoms with Gasteiger partial charge in [0.05, 0.1) is 12.7 Å². The second-order valence-corrected chi connectivity index (χ2v) is 6.14. The number of rotatable bonds is 7. The summed E-state index contributed by atoms with van der Waals surface area (Å²) in [6, 6.07) is 5.47. The highest BCUT2D eigenvalue weighted by atomic mass is 127. The van der Waals surface area contributed by atoms with Gasteiger partial charge in [-0.3, -0.25) is 4.99 Å². The van der Waals surface area contributed by atoms with E-state index in [4.69, 9.17) is 32.7 Å². The molecule has 2 rings (SSSR count). The van der Waals surface area contributed by atoms with Gasteiger partial charge in [-0.05, 0) is 30.5 Å². The van der Waals surface area contributed by atoms with Gasteiger partial charge in [0.1, 0.15) is 0 Å². The second kappa shape index (κ2) is 12.1. The Kier molecular flexibility index (Phi) is 11.0. The van der Waals surface area contributed by atoms with E-state index in [0.29, 0.717) is 16.6 Å². The van der Waals surface area contributed by atoms with Crippen LogP contribution in [0.25, 0.3) is 0 Å². The van der Waals surface area contributed by atoms with Crippen molar-refractivity contribution >= 4 is 53.1 Å². The van der Waals surface area contributed by atoms with Crippen LogP contribution in [-0.4, -0.2) is 45.5 Å². The first-order chi connectivity index (χ1) is 11.2. The predicted octanol–water partition coefficient (Wildman–Crippen LogP) is 3.47. The van der Waals surface area contributed by atoms with Crippen molar-refractivity contribution in [3.05, 3.63) is 33.8 Å². The summed E-state index contributed by atoms with van der Waals surface area (Å²) in [4.78, 5) is 4.19. The first-order valence-electron chi connectivity index (χ1n) is 7.77. The molecule has 1 aromatic carbocycles. The predicted molar refractivity (Wildman–Crippen MR) is 110 cm³/mol. The molecule has 24 heavy (non-hydrogen) atoms. The quantitative estimate of drug-likeness (QED) is 0.267. The van der Waals surface area contributed by atoms with Crippen molar-refractivity contribution in [2.24, 2.45) is 4.99 Å². The molecule has 0 radical (unpaired) electrons. The first kappa shape index (κ1) is 21.8. The molecular weight excluding hydrogens is 464 g/mol. The number of nitrogens with zero attached hydrogens (tertiary/aromatic N) is 1. The average molecular weight is 488 g/mol. The Morgan fingerprint density at radius 1 is 1.38 bits per heavy atom. The number of guanidine groups is 1. The van der Waals surface area contributed by atoms with Gasteiger partial charge in [0, 0.05) is 43.4 Å².